The van der Waals surface area contributed by atoms with Gasteiger partial charge in [-0.05, 0) is 63.4 Å². The van der Waals surface area contributed by atoms with E-state index in [0.717, 1.165) is 47.4 Å². The average Bonchev–Trinajstić information content (AvgIpc) is 3.59. The van der Waals surface area contributed by atoms with Crippen LogP contribution < -0.4 is 4.90 Å². The van der Waals surface area contributed by atoms with Crippen molar-refractivity contribution in [2.24, 2.45) is 0 Å². The van der Waals surface area contributed by atoms with Gasteiger partial charge in [0.15, 0.2) is 5.82 Å². The molecule has 3 aromatic rings. The Morgan fingerprint density at radius 2 is 2.03 bits per heavy atom. The van der Waals surface area contributed by atoms with E-state index in [1.165, 1.54) is 0 Å². The number of esters is 1. The van der Waals surface area contributed by atoms with Crippen molar-refractivity contribution in [3.8, 4) is 5.82 Å². The highest BCUT2D eigenvalue weighted by Crippen LogP contribution is 2.36. The third kappa shape index (κ3) is 4.57. The molecule has 3 aliphatic heterocycles. The van der Waals surface area contributed by atoms with Crippen LogP contribution in [0.1, 0.15) is 42.6 Å². The number of hydrogen-bond acceptors (Lipinski definition) is 8. The van der Waals surface area contributed by atoms with E-state index in [9.17, 15) is 4.79 Å². The van der Waals surface area contributed by atoms with E-state index < -0.39 is 6.17 Å². The minimum atomic E-state index is -1.07. The Morgan fingerprint density at radius 1 is 1.19 bits per heavy atom. The van der Waals surface area contributed by atoms with Crippen LogP contribution in [0.2, 0.25) is 0 Å². The van der Waals surface area contributed by atoms with Gasteiger partial charge in [-0.2, -0.15) is 5.10 Å². The number of alkyl halides is 1. The summed E-state index contributed by atoms with van der Waals surface area (Å²) in [6.07, 6.45) is 2.71. The number of benzene rings is 1. The first-order valence-corrected chi connectivity index (χ1v) is 13.1. The molecule has 5 heterocycles. The maximum Gasteiger partial charge on any atom is 0.320 e. The molecule has 0 amide bonds. The van der Waals surface area contributed by atoms with Crippen molar-refractivity contribution in [3.63, 3.8) is 0 Å². The molecule has 0 radical (unpaired) electrons. The largest absolute Gasteiger partial charge is 0.465 e. The molecule has 3 aliphatic rings. The Bertz CT molecular complexity index is 1330. The minimum absolute atomic E-state index is 0.131. The van der Waals surface area contributed by atoms with Crippen molar-refractivity contribution in [2.75, 3.05) is 44.3 Å². The molecule has 4 atom stereocenters. The number of aromatic nitrogens is 4. The van der Waals surface area contributed by atoms with E-state index in [2.05, 4.69) is 22.1 Å². The van der Waals surface area contributed by atoms with Crippen LogP contribution >= 0.6 is 0 Å². The molecule has 0 saturated carbocycles. The zero-order valence-electron chi connectivity index (χ0n) is 21.6. The summed E-state index contributed by atoms with van der Waals surface area (Å²) in [7, 11) is 0. The lowest BCUT2D eigenvalue weighted by molar-refractivity contribution is -0.145. The van der Waals surface area contributed by atoms with Gasteiger partial charge in [-0.25, -0.2) is 19.0 Å². The lowest BCUT2D eigenvalue weighted by Crippen LogP contribution is -2.43. The van der Waals surface area contributed by atoms with Crippen LogP contribution in [0.3, 0.4) is 0 Å². The van der Waals surface area contributed by atoms with Gasteiger partial charge in [0.25, 0.3) is 0 Å². The zero-order valence-corrected chi connectivity index (χ0v) is 21.6. The number of hydrogen-bond donors (Lipinski definition) is 0. The molecule has 6 rings (SSSR count). The van der Waals surface area contributed by atoms with Gasteiger partial charge in [0, 0.05) is 30.5 Å². The summed E-state index contributed by atoms with van der Waals surface area (Å²) >= 11 is 0. The average molecular weight is 509 g/mol. The van der Waals surface area contributed by atoms with Crippen LogP contribution in [0.15, 0.2) is 24.4 Å². The summed E-state index contributed by atoms with van der Waals surface area (Å²) in [6, 6.07) is 6.49. The van der Waals surface area contributed by atoms with Crippen molar-refractivity contribution in [2.45, 2.75) is 57.8 Å². The Morgan fingerprint density at radius 3 is 2.76 bits per heavy atom. The van der Waals surface area contributed by atoms with Crippen molar-refractivity contribution in [3.05, 3.63) is 41.3 Å². The molecule has 2 aromatic heterocycles. The van der Waals surface area contributed by atoms with E-state index >= 15 is 4.39 Å². The Balaban J connectivity index is 1.29. The predicted molar refractivity (Wildman–Crippen MR) is 137 cm³/mol. The molecule has 10 heteroatoms. The molecule has 2 bridgehead atoms. The van der Waals surface area contributed by atoms with Gasteiger partial charge in [0.1, 0.15) is 17.8 Å². The molecule has 0 N–H and O–H groups in total. The molecule has 9 nitrogen and oxygen atoms in total. The Kier molecular flexibility index (Phi) is 6.32. The van der Waals surface area contributed by atoms with Gasteiger partial charge < -0.3 is 14.4 Å². The number of rotatable bonds is 6. The molecule has 0 spiro atoms. The quantitative estimate of drug-likeness (QED) is 0.470. The van der Waals surface area contributed by atoms with Gasteiger partial charge in [0.05, 0.1) is 43.6 Å². The van der Waals surface area contributed by atoms with E-state index in [1.807, 2.05) is 35.7 Å². The number of anilines is 1. The number of piperidine rings is 1. The minimum Gasteiger partial charge on any atom is -0.465 e. The first kappa shape index (κ1) is 24.2. The highest BCUT2D eigenvalue weighted by Gasteiger charge is 2.40. The van der Waals surface area contributed by atoms with Crippen molar-refractivity contribution >= 4 is 22.7 Å². The summed E-state index contributed by atoms with van der Waals surface area (Å²) in [5.41, 5.74) is 2.93. The van der Waals surface area contributed by atoms with Crippen molar-refractivity contribution in [1.82, 2.24) is 24.6 Å². The third-order valence-electron chi connectivity index (χ3n) is 7.86. The van der Waals surface area contributed by atoms with Crippen LogP contribution in [0.4, 0.5) is 10.2 Å². The summed E-state index contributed by atoms with van der Waals surface area (Å²) < 4.78 is 28.1. The van der Waals surface area contributed by atoms with Gasteiger partial charge >= 0.3 is 5.97 Å². The summed E-state index contributed by atoms with van der Waals surface area (Å²) in [5, 5.41) is 5.65. The first-order valence-electron chi connectivity index (χ1n) is 13.1. The number of ether oxygens (including phenoxy) is 2. The van der Waals surface area contributed by atoms with E-state index in [-0.39, 0.29) is 31.1 Å². The number of carbonyl (C=O) groups excluding carboxylic acids is 1. The molecular formula is C27H33FN6O3. The predicted octanol–water partition coefficient (Wildman–Crippen LogP) is 3.10. The van der Waals surface area contributed by atoms with E-state index in [0.29, 0.717) is 37.3 Å². The lowest BCUT2D eigenvalue weighted by atomic mass is 9.85. The second-order valence-electron chi connectivity index (χ2n) is 10.4. The van der Waals surface area contributed by atoms with Gasteiger partial charge in [0.2, 0.25) is 0 Å². The molecule has 37 heavy (non-hydrogen) atoms. The number of nitrogens with zero attached hydrogens (tertiary/aromatic N) is 6. The standard InChI is InChI=1S/C27H33FN6O3/c1-4-36-27(35)14-32-6-5-21(23(28)13-32)22-9-24-18(7-16(22)2)11-29-34(24)26-10-25(30-17(3)31-26)33-12-20-8-19(33)15-37-20/h7,9-11,19-21,23H,4-6,8,12-15H2,1-3H3. The summed E-state index contributed by atoms with van der Waals surface area (Å²) in [6.45, 7) is 8.62. The number of fused-ring (bicyclic) bond motifs is 3. The topological polar surface area (TPSA) is 85.6 Å². The summed E-state index contributed by atoms with van der Waals surface area (Å²) in [5.74, 6) is 1.74. The Labute approximate surface area is 215 Å². The van der Waals surface area contributed by atoms with E-state index in [1.54, 1.807) is 6.92 Å². The van der Waals surface area contributed by atoms with Crippen LogP contribution in [0, 0.1) is 13.8 Å². The fraction of sp³-hybridized carbons (Fsp3) is 0.556. The van der Waals surface area contributed by atoms with Crippen molar-refractivity contribution < 1.29 is 18.7 Å². The highest BCUT2D eigenvalue weighted by molar-refractivity contribution is 5.82. The smallest absolute Gasteiger partial charge is 0.320 e. The first-order chi connectivity index (χ1) is 17.9. The van der Waals surface area contributed by atoms with Crippen LogP contribution in [-0.2, 0) is 14.3 Å². The molecule has 3 fully saturated rings. The second kappa shape index (κ2) is 9.64. The van der Waals surface area contributed by atoms with Gasteiger partial charge in [-0.15, -0.1) is 0 Å². The second-order valence-corrected chi connectivity index (χ2v) is 10.4. The fourth-order valence-electron chi connectivity index (χ4n) is 6.11. The molecule has 196 valence electrons. The number of halogens is 1. The highest BCUT2D eigenvalue weighted by atomic mass is 19.1. The SMILES string of the molecule is CCOC(=O)CN1CCC(c2cc3c(cnn3-c3cc(N4CC5CC4CO5)nc(C)n3)cc2C)C(F)C1. The van der Waals surface area contributed by atoms with Crippen LogP contribution in [0.25, 0.3) is 16.7 Å². The number of carbonyl (C=O) groups is 1. The molecule has 3 saturated heterocycles. The maximum atomic E-state index is 15.4. The maximum absolute atomic E-state index is 15.4. The molecule has 0 aliphatic carbocycles. The normalized spacial score (nSPS) is 25.8. The molecular weight excluding hydrogens is 475 g/mol. The molecule has 1 aromatic carbocycles. The fourth-order valence-corrected chi connectivity index (χ4v) is 6.11. The third-order valence-corrected chi connectivity index (χ3v) is 7.86. The van der Waals surface area contributed by atoms with E-state index in [4.69, 9.17) is 19.4 Å². The summed E-state index contributed by atoms with van der Waals surface area (Å²) in [4.78, 5) is 25.4. The monoisotopic (exact) mass is 508 g/mol. The number of morpholine rings is 1. The van der Waals surface area contributed by atoms with Crippen molar-refractivity contribution in [1.29, 1.82) is 0 Å². The lowest BCUT2D eigenvalue weighted by Gasteiger charge is -2.35. The molecule has 4 unspecified atom stereocenters. The zero-order chi connectivity index (χ0) is 25.7. The number of likely N-dealkylation sites (tertiary alicyclic amines) is 1. The van der Waals surface area contributed by atoms with Crippen LogP contribution in [0.5, 0.6) is 0 Å². The van der Waals surface area contributed by atoms with Crippen LogP contribution in [-0.4, -0.2) is 88.3 Å². The Hall–Kier alpha value is -3.11. The number of aryl methyl sites for hydroxylation is 2. The van der Waals surface area contributed by atoms with Gasteiger partial charge in [-0.3, -0.25) is 9.69 Å². The van der Waals surface area contributed by atoms with Gasteiger partial charge in [-0.1, -0.05) is 0 Å².